The highest BCUT2D eigenvalue weighted by Crippen LogP contribution is 2.34. The largest absolute Gasteiger partial charge is 0.573 e. The van der Waals surface area contributed by atoms with Gasteiger partial charge in [-0.3, -0.25) is 4.79 Å². The summed E-state index contributed by atoms with van der Waals surface area (Å²) in [4.78, 5) is 12.9. The molecule has 208 valence electrons. The van der Waals surface area contributed by atoms with Crippen molar-refractivity contribution in [3.8, 4) is 5.75 Å². The van der Waals surface area contributed by atoms with Gasteiger partial charge in [0.2, 0.25) is 15.9 Å². The van der Waals surface area contributed by atoms with Crippen LogP contribution in [0.5, 0.6) is 5.75 Å². The fourth-order valence-corrected chi connectivity index (χ4v) is 6.37. The van der Waals surface area contributed by atoms with Crippen LogP contribution in [-0.4, -0.2) is 39.8 Å². The lowest BCUT2D eigenvalue weighted by Gasteiger charge is -2.26. The van der Waals surface area contributed by atoms with Crippen LogP contribution in [0.3, 0.4) is 0 Å². The van der Waals surface area contributed by atoms with Crippen LogP contribution >= 0.6 is 0 Å². The Bertz CT molecular complexity index is 1220. The molecule has 2 atom stereocenters. The quantitative estimate of drug-likeness (QED) is 0.355. The van der Waals surface area contributed by atoms with Crippen molar-refractivity contribution >= 4 is 21.6 Å². The molecule has 1 fully saturated rings. The zero-order chi connectivity index (χ0) is 27.3. The Kier molecular flexibility index (Phi) is 8.81. The molecule has 1 amide bonds. The molecule has 0 aromatic heterocycles. The molecule has 0 bridgehead atoms. The highest BCUT2D eigenvalue weighted by molar-refractivity contribution is 7.89. The fourth-order valence-electron chi connectivity index (χ4n) is 5.17. The van der Waals surface area contributed by atoms with Gasteiger partial charge >= 0.3 is 6.36 Å². The lowest BCUT2D eigenvalue weighted by atomic mass is 9.85. The first-order valence-corrected chi connectivity index (χ1v) is 14.2. The van der Waals surface area contributed by atoms with Crippen LogP contribution in [0.25, 0.3) is 0 Å². The number of ether oxygens (including phenoxy) is 1. The van der Waals surface area contributed by atoms with E-state index in [0.29, 0.717) is 19.4 Å². The minimum absolute atomic E-state index is 0.00641. The van der Waals surface area contributed by atoms with Gasteiger partial charge in [0.15, 0.2) is 0 Å². The smallest absolute Gasteiger partial charge is 0.406 e. The Morgan fingerprint density at radius 1 is 1.08 bits per heavy atom. The number of nitrogens with one attached hydrogen (secondary N) is 3. The van der Waals surface area contributed by atoms with E-state index in [9.17, 15) is 30.8 Å². The molecule has 1 aliphatic carbocycles. The van der Waals surface area contributed by atoms with Crippen molar-refractivity contribution in [1.29, 1.82) is 0 Å². The molecule has 0 saturated heterocycles. The maximum absolute atomic E-state index is 13.7. The van der Waals surface area contributed by atoms with Crippen LogP contribution in [-0.2, 0) is 14.8 Å². The summed E-state index contributed by atoms with van der Waals surface area (Å²) in [6.45, 7) is 0.883. The molecule has 2 aromatic rings. The van der Waals surface area contributed by atoms with Crippen molar-refractivity contribution in [2.24, 2.45) is 5.92 Å². The Balaban J connectivity index is 1.41. The first kappa shape index (κ1) is 28.2. The number of fused-ring (bicyclic) bond motifs is 1. The monoisotopic (exact) mass is 557 g/mol. The maximum atomic E-state index is 13.7. The second-order valence-electron chi connectivity index (χ2n) is 9.82. The van der Waals surface area contributed by atoms with E-state index in [1.807, 2.05) is 0 Å². The molecule has 0 radical (unpaired) electrons. The second kappa shape index (κ2) is 11.9. The van der Waals surface area contributed by atoms with Crippen molar-refractivity contribution in [2.45, 2.75) is 68.2 Å². The normalized spacial score (nSPS) is 18.9. The summed E-state index contributed by atoms with van der Waals surface area (Å²) in [5, 5.41) is 6.04. The summed E-state index contributed by atoms with van der Waals surface area (Å²) in [5.41, 5.74) is 1.70. The van der Waals surface area contributed by atoms with E-state index in [1.165, 1.54) is 12.1 Å². The summed E-state index contributed by atoms with van der Waals surface area (Å²) in [6.07, 6.45) is 0.873. The van der Waals surface area contributed by atoms with Crippen LogP contribution in [0.1, 0.15) is 56.4 Å². The van der Waals surface area contributed by atoms with Gasteiger partial charge in [-0.05, 0) is 66.8 Å². The number of sulfonamides is 1. The molecule has 1 unspecified atom stereocenters. The van der Waals surface area contributed by atoms with Crippen molar-refractivity contribution in [3.63, 3.8) is 0 Å². The average Bonchev–Trinajstić information content (AvgIpc) is 3.25. The Morgan fingerprint density at radius 3 is 2.47 bits per heavy atom. The van der Waals surface area contributed by atoms with E-state index in [4.69, 9.17) is 0 Å². The van der Waals surface area contributed by atoms with Crippen LogP contribution in [0, 0.1) is 11.7 Å². The number of carbonyl (C=O) groups is 1. The predicted molar refractivity (Wildman–Crippen MR) is 134 cm³/mol. The van der Waals surface area contributed by atoms with E-state index < -0.39 is 34.1 Å². The number of benzene rings is 2. The van der Waals surface area contributed by atoms with E-state index in [1.54, 1.807) is 6.07 Å². The fraction of sp³-hybridized carbons (Fsp3) is 0.500. The Morgan fingerprint density at radius 2 is 1.79 bits per heavy atom. The van der Waals surface area contributed by atoms with Crippen molar-refractivity contribution in [1.82, 2.24) is 10.0 Å². The van der Waals surface area contributed by atoms with E-state index in [-0.39, 0.29) is 29.1 Å². The number of amides is 1. The van der Waals surface area contributed by atoms with E-state index in [0.717, 1.165) is 67.6 Å². The summed E-state index contributed by atoms with van der Waals surface area (Å²) in [6, 6.07) is 7.33. The number of hydrogen-bond donors (Lipinski definition) is 3. The second-order valence-corrected chi connectivity index (χ2v) is 11.5. The van der Waals surface area contributed by atoms with Gasteiger partial charge in [-0.25, -0.2) is 12.8 Å². The molecular formula is C26H31F4N3O4S. The van der Waals surface area contributed by atoms with Gasteiger partial charge in [-0.1, -0.05) is 32.1 Å². The third-order valence-electron chi connectivity index (χ3n) is 7.06. The van der Waals surface area contributed by atoms with Gasteiger partial charge in [-0.2, -0.15) is 4.72 Å². The molecule has 1 aliphatic heterocycles. The molecule has 1 heterocycles. The average molecular weight is 558 g/mol. The van der Waals surface area contributed by atoms with Gasteiger partial charge in [-0.15, -0.1) is 13.2 Å². The van der Waals surface area contributed by atoms with Gasteiger partial charge in [0.1, 0.15) is 17.6 Å². The number of hydrogen-bond acceptors (Lipinski definition) is 5. The summed E-state index contributed by atoms with van der Waals surface area (Å²) in [5.74, 6) is -1.16. The zero-order valence-electron chi connectivity index (χ0n) is 20.7. The lowest BCUT2D eigenvalue weighted by molar-refractivity contribution is -0.274. The zero-order valence-corrected chi connectivity index (χ0v) is 21.5. The molecule has 2 aliphatic rings. The minimum Gasteiger partial charge on any atom is -0.406 e. The number of anilines is 1. The number of alkyl halides is 3. The third-order valence-corrected chi connectivity index (χ3v) is 8.55. The van der Waals surface area contributed by atoms with Crippen LogP contribution in [0.2, 0.25) is 0 Å². The number of rotatable bonds is 10. The SMILES string of the molecule is O=C(NCCC1CNc2ccc(F)cc21)[C@H](CC1CCCCC1)NS(=O)(=O)c1ccc(OC(F)(F)F)cc1. The molecule has 38 heavy (non-hydrogen) atoms. The Hall–Kier alpha value is -2.86. The van der Waals surface area contributed by atoms with Crippen molar-refractivity contribution in [3.05, 3.63) is 53.8 Å². The van der Waals surface area contributed by atoms with Crippen molar-refractivity contribution in [2.75, 3.05) is 18.4 Å². The molecular weight excluding hydrogens is 526 g/mol. The van der Waals surface area contributed by atoms with E-state index >= 15 is 0 Å². The van der Waals surface area contributed by atoms with Crippen LogP contribution in [0.4, 0.5) is 23.2 Å². The van der Waals surface area contributed by atoms with Crippen molar-refractivity contribution < 1.29 is 35.5 Å². The highest BCUT2D eigenvalue weighted by Gasteiger charge is 2.32. The lowest BCUT2D eigenvalue weighted by Crippen LogP contribution is -2.48. The summed E-state index contributed by atoms with van der Waals surface area (Å²) in [7, 11) is -4.20. The van der Waals surface area contributed by atoms with Gasteiger partial charge in [0.25, 0.3) is 0 Å². The van der Waals surface area contributed by atoms with Crippen LogP contribution in [0.15, 0.2) is 47.4 Å². The molecule has 3 N–H and O–H groups in total. The minimum atomic E-state index is -4.90. The number of carbonyl (C=O) groups excluding carboxylic acids is 1. The summed E-state index contributed by atoms with van der Waals surface area (Å²) < 4.78 is 83.3. The van der Waals surface area contributed by atoms with Crippen LogP contribution < -0.4 is 20.1 Å². The van der Waals surface area contributed by atoms with Gasteiger partial charge in [0.05, 0.1) is 4.90 Å². The Labute approximate surface area is 219 Å². The molecule has 7 nitrogen and oxygen atoms in total. The highest BCUT2D eigenvalue weighted by atomic mass is 32.2. The van der Waals surface area contributed by atoms with E-state index in [2.05, 4.69) is 20.1 Å². The molecule has 0 spiro atoms. The molecule has 1 saturated carbocycles. The standard InChI is InChI=1S/C26H31F4N3O4S/c27-19-6-11-23-22(15-19)18(16-32-23)12-13-31-25(34)24(14-17-4-2-1-3-5-17)33-38(35,36)21-9-7-20(8-10-21)37-26(28,29)30/h6-11,15,17-18,24,32-33H,1-5,12-14,16H2,(H,31,34)/t18?,24-/m0/s1. The predicted octanol–water partition coefficient (Wildman–Crippen LogP) is 5.06. The first-order valence-electron chi connectivity index (χ1n) is 12.7. The molecule has 2 aromatic carbocycles. The first-order chi connectivity index (χ1) is 18.0. The topological polar surface area (TPSA) is 96.5 Å². The number of halogens is 4. The maximum Gasteiger partial charge on any atom is 0.573 e. The summed E-state index contributed by atoms with van der Waals surface area (Å²) >= 11 is 0. The molecule has 4 rings (SSSR count). The third kappa shape index (κ3) is 7.59. The van der Waals surface area contributed by atoms with Gasteiger partial charge < -0.3 is 15.4 Å². The molecule has 12 heteroatoms. The van der Waals surface area contributed by atoms with Gasteiger partial charge in [0, 0.05) is 24.7 Å².